The molecule has 0 radical (unpaired) electrons. The van der Waals surface area contributed by atoms with Crippen molar-refractivity contribution < 1.29 is 19.4 Å². The van der Waals surface area contributed by atoms with Crippen LogP contribution < -0.4 is 14.8 Å². The number of imidazole rings is 1. The van der Waals surface area contributed by atoms with E-state index in [-0.39, 0.29) is 17.6 Å². The first kappa shape index (κ1) is 17.0. The normalized spacial score (nSPS) is 15.8. The number of phenolic OH excluding ortho intramolecular Hbond substituents is 1. The summed E-state index contributed by atoms with van der Waals surface area (Å²) in [5.74, 6) is 1.82. The number of aromatic hydroxyl groups is 1. The van der Waals surface area contributed by atoms with Crippen LogP contribution in [0.3, 0.4) is 0 Å². The number of fused-ring (bicyclic) bond motifs is 1. The highest BCUT2D eigenvalue weighted by Gasteiger charge is 2.31. The molecular weight excluding hydrogens is 346 g/mol. The number of nitrogens with zero attached hydrogens (tertiary/aromatic N) is 2. The Morgan fingerprint density at radius 1 is 1.15 bits per heavy atom. The highest BCUT2D eigenvalue weighted by atomic mass is 16.5. The van der Waals surface area contributed by atoms with E-state index in [4.69, 9.17) is 9.47 Å². The Bertz CT molecular complexity index is 995. The van der Waals surface area contributed by atoms with E-state index >= 15 is 0 Å². The second kappa shape index (κ2) is 6.68. The molecule has 27 heavy (non-hydrogen) atoms. The van der Waals surface area contributed by atoms with Crippen LogP contribution in [-0.4, -0.2) is 34.8 Å². The molecule has 7 heteroatoms. The third kappa shape index (κ3) is 2.97. The predicted molar refractivity (Wildman–Crippen MR) is 99.9 cm³/mol. The molecule has 2 aromatic carbocycles. The van der Waals surface area contributed by atoms with Gasteiger partial charge in [0.1, 0.15) is 29.4 Å². The van der Waals surface area contributed by atoms with Crippen LogP contribution in [0.4, 0.5) is 5.82 Å². The van der Waals surface area contributed by atoms with Crippen LogP contribution in [0.25, 0.3) is 5.69 Å². The van der Waals surface area contributed by atoms with Gasteiger partial charge in [0, 0.05) is 18.4 Å². The molecule has 0 saturated carbocycles. The molecule has 138 valence electrons. The first-order valence-electron chi connectivity index (χ1n) is 8.49. The van der Waals surface area contributed by atoms with Crippen molar-refractivity contribution in [3.05, 3.63) is 60.0 Å². The number of phenols is 1. The monoisotopic (exact) mass is 365 g/mol. The van der Waals surface area contributed by atoms with Crippen molar-refractivity contribution in [3.63, 3.8) is 0 Å². The molecule has 4 rings (SSSR count). The molecule has 2 heterocycles. The molecule has 0 unspecified atom stereocenters. The Hall–Kier alpha value is -3.48. The predicted octanol–water partition coefficient (Wildman–Crippen LogP) is 3.07. The van der Waals surface area contributed by atoms with Crippen molar-refractivity contribution in [2.45, 2.75) is 12.3 Å². The van der Waals surface area contributed by atoms with Gasteiger partial charge in [0.05, 0.1) is 25.6 Å². The number of hydrogen-bond donors (Lipinski definition) is 2. The smallest absolute Gasteiger partial charge is 0.226 e. The molecule has 0 fully saturated rings. The molecule has 2 N–H and O–H groups in total. The average Bonchev–Trinajstić information content (AvgIpc) is 3.11. The van der Waals surface area contributed by atoms with Gasteiger partial charge in [-0.3, -0.25) is 9.36 Å². The third-order valence-corrected chi connectivity index (χ3v) is 4.71. The SMILES string of the molecule is COc1ccc(OC)c(-n2cnc3c2NC(=O)C[C@@H]3c2ccc(O)cc2)c1. The van der Waals surface area contributed by atoms with E-state index < -0.39 is 0 Å². The van der Waals surface area contributed by atoms with Crippen molar-refractivity contribution in [1.82, 2.24) is 9.55 Å². The Balaban J connectivity index is 1.84. The minimum atomic E-state index is -0.188. The van der Waals surface area contributed by atoms with E-state index in [9.17, 15) is 9.90 Å². The lowest BCUT2D eigenvalue weighted by Gasteiger charge is -2.24. The fraction of sp³-hybridized carbons (Fsp3) is 0.200. The first-order chi connectivity index (χ1) is 13.1. The zero-order valence-electron chi connectivity index (χ0n) is 15.0. The molecule has 0 saturated heterocycles. The number of anilines is 1. The van der Waals surface area contributed by atoms with Gasteiger partial charge in [-0.1, -0.05) is 12.1 Å². The number of hydrogen-bond acceptors (Lipinski definition) is 5. The van der Waals surface area contributed by atoms with Crippen molar-refractivity contribution in [1.29, 1.82) is 0 Å². The van der Waals surface area contributed by atoms with Crippen LogP contribution in [-0.2, 0) is 4.79 Å². The number of ether oxygens (including phenoxy) is 2. The maximum Gasteiger partial charge on any atom is 0.226 e. The molecule has 1 aliphatic heterocycles. The van der Waals surface area contributed by atoms with Gasteiger partial charge >= 0.3 is 0 Å². The zero-order valence-corrected chi connectivity index (χ0v) is 15.0. The molecule has 1 aromatic heterocycles. The van der Waals surface area contributed by atoms with Crippen LogP contribution in [0.5, 0.6) is 17.2 Å². The lowest BCUT2D eigenvalue weighted by molar-refractivity contribution is -0.116. The fourth-order valence-electron chi connectivity index (χ4n) is 3.36. The number of methoxy groups -OCH3 is 2. The molecule has 0 aliphatic carbocycles. The van der Waals surface area contributed by atoms with Crippen LogP contribution in [0.2, 0.25) is 0 Å². The van der Waals surface area contributed by atoms with Gasteiger partial charge in [-0.2, -0.15) is 0 Å². The summed E-state index contributed by atoms with van der Waals surface area (Å²) in [7, 11) is 3.18. The standard InChI is InChI=1S/C20H19N3O4/c1-26-14-7-8-17(27-2)16(9-14)23-11-21-19-15(10-18(25)22-20(19)23)12-3-5-13(24)6-4-12/h3-9,11,15,24H,10H2,1-2H3,(H,22,25)/t15-/m1/s1. The summed E-state index contributed by atoms with van der Waals surface area (Å²) in [5.41, 5.74) is 2.41. The summed E-state index contributed by atoms with van der Waals surface area (Å²) in [5, 5.41) is 12.5. The van der Waals surface area contributed by atoms with Gasteiger partial charge in [0.25, 0.3) is 0 Å². The van der Waals surface area contributed by atoms with Crippen molar-refractivity contribution >= 4 is 11.7 Å². The number of aromatic nitrogens is 2. The summed E-state index contributed by atoms with van der Waals surface area (Å²) in [6.45, 7) is 0. The largest absolute Gasteiger partial charge is 0.508 e. The number of rotatable bonds is 4. The average molecular weight is 365 g/mol. The Kier molecular flexibility index (Phi) is 4.19. The quantitative estimate of drug-likeness (QED) is 0.742. The van der Waals surface area contributed by atoms with Crippen LogP contribution in [0, 0.1) is 0 Å². The van der Waals surface area contributed by atoms with Gasteiger partial charge < -0.3 is 19.9 Å². The van der Waals surface area contributed by atoms with Gasteiger partial charge in [0.15, 0.2) is 0 Å². The number of carbonyl (C=O) groups is 1. The summed E-state index contributed by atoms with van der Waals surface area (Å²) in [6, 6.07) is 12.3. The zero-order chi connectivity index (χ0) is 19.0. The number of benzene rings is 2. The Morgan fingerprint density at radius 3 is 2.63 bits per heavy atom. The Morgan fingerprint density at radius 2 is 1.93 bits per heavy atom. The van der Waals surface area contributed by atoms with E-state index in [1.807, 2.05) is 30.3 Å². The van der Waals surface area contributed by atoms with Crippen molar-refractivity contribution in [2.24, 2.45) is 0 Å². The highest BCUT2D eigenvalue weighted by Crippen LogP contribution is 2.39. The maximum absolute atomic E-state index is 12.4. The molecule has 1 atom stereocenters. The lowest BCUT2D eigenvalue weighted by Crippen LogP contribution is -2.25. The minimum absolute atomic E-state index is 0.0933. The highest BCUT2D eigenvalue weighted by molar-refractivity contribution is 5.94. The van der Waals surface area contributed by atoms with Gasteiger partial charge in [-0.15, -0.1) is 0 Å². The summed E-state index contributed by atoms with van der Waals surface area (Å²) < 4.78 is 12.6. The number of carbonyl (C=O) groups excluding carboxylic acids is 1. The van der Waals surface area contributed by atoms with Crippen LogP contribution in [0.1, 0.15) is 23.6 Å². The molecule has 0 bridgehead atoms. The second-order valence-corrected chi connectivity index (χ2v) is 6.28. The van der Waals surface area contributed by atoms with E-state index in [1.165, 1.54) is 0 Å². The van der Waals surface area contributed by atoms with E-state index in [0.717, 1.165) is 16.9 Å². The molecule has 1 amide bonds. The Labute approximate surface area is 156 Å². The van der Waals surface area contributed by atoms with Gasteiger partial charge in [-0.05, 0) is 29.8 Å². The number of amides is 1. The first-order valence-corrected chi connectivity index (χ1v) is 8.49. The summed E-state index contributed by atoms with van der Waals surface area (Å²) >= 11 is 0. The molecular formula is C20H19N3O4. The number of nitrogens with one attached hydrogen (secondary N) is 1. The topological polar surface area (TPSA) is 85.6 Å². The summed E-state index contributed by atoms with van der Waals surface area (Å²) in [4.78, 5) is 16.9. The minimum Gasteiger partial charge on any atom is -0.508 e. The van der Waals surface area contributed by atoms with E-state index in [2.05, 4.69) is 10.3 Å². The van der Waals surface area contributed by atoms with Gasteiger partial charge in [0.2, 0.25) is 5.91 Å². The maximum atomic E-state index is 12.4. The molecule has 7 nitrogen and oxygen atoms in total. The van der Waals surface area contributed by atoms with Crippen molar-refractivity contribution in [3.8, 4) is 22.9 Å². The summed E-state index contributed by atoms with van der Waals surface area (Å²) in [6.07, 6.45) is 1.96. The molecule has 3 aromatic rings. The third-order valence-electron chi connectivity index (χ3n) is 4.71. The fourth-order valence-corrected chi connectivity index (χ4v) is 3.36. The van der Waals surface area contributed by atoms with Crippen molar-refractivity contribution in [2.75, 3.05) is 19.5 Å². The van der Waals surface area contributed by atoms with Crippen LogP contribution in [0.15, 0.2) is 48.8 Å². The van der Waals surface area contributed by atoms with E-state index in [0.29, 0.717) is 23.7 Å². The second-order valence-electron chi connectivity index (χ2n) is 6.28. The lowest BCUT2D eigenvalue weighted by atomic mass is 9.90. The van der Waals surface area contributed by atoms with Crippen LogP contribution >= 0.6 is 0 Å². The molecule has 0 spiro atoms. The van der Waals surface area contributed by atoms with Gasteiger partial charge in [-0.25, -0.2) is 4.98 Å². The van der Waals surface area contributed by atoms with E-state index in [1.54, 1.807) is 37.2 Å². The molecule has 1 aliphatic rings.